The summed E-state index contributed by atoms with van der Waals surface area (Å²) in [6.45, 7) is 3.01. The van der Waals surface area contributed by atoms with Crippen LogP contribution in [0.5, 0.6) is 0 Å². The summed E-state index contributed by atoms with van der Waals surface area (Å²) in [6, 6.07) is 0. The van der Waals surface area contributed by atoms with Crippen molar-refractivity contribution in [1.82, 2.24) is 0 Å². The zero-order chi connectivity index (χ0) is 7.44. The second kappa shape index (κ2) is 5.70. The molecule has 0 heterocycles. The number of hydrogen-bond acceptors (Lipinski definition) is 2. The van der Waals surface area contributed by atoms with Gasteiger partial charge in [-0.3, -0.25) is 4.79 Å². The summed E-state index contributed by atoms with van der Waals surface area (Å²) in [4.78, 5) is 19.7. The first-order valence-electron chi connectivity index (χ1n) is 2.17. The molecule has 4 nitrogen and oxygen atoms in total. The zero-order valence-corrected chi connectivity index (χ0v) is 7.54. The molecule has 10 heavy (non-hydrogen) atoms. The van der Waals surface area contributed by atoms with Gasteiger partial charge in [-0.25, -0.2) is 4.79 Å². The van der Waals surface area contributed by atoms with E-state index in [1.807, 2.05) is 0 Å². The molecule has 0 bridgehead atoms. The van der Waals surface area contributed by atoms with Crippen LogP contribution in [0.2, 0.25) is 0 Å². The molecule has 0 atom stereocenters. The summed E-state index contributed by atoms with van der Waals surface area (Å²) >= 11 is 0. The molecule has 0 spiro atoms. The zero-order valence-electron chi connectivity index (χ0n) is 5.33. The van der Waals surface area contributed by atoms with E-state index in [0.29, 0.717) is 0 Å². The van der Waals surface area contributed by atoms with Gasteiger partial charge in [0.25, 0.3) is 0 Å². The summed E-state index contributed by atoms with van der Waals surface area (Å²) in [7, 11) is 0. The van der Waals surface area contributed by atoms with E-state index in [0.717, 1.165) is 0 Å². The molecule has 0 aliphatic carbocycles. The van der Waals surface area contributed by atoms with Crippen molar-refractivity contribution in [1.29, 1.82) is 0 Å². The van der Waals surface area contributed by atoms with Crippen LogP contribution in [0.4, 0.5) is 0 Å². The predicted octanol–water partition coefficient (Wildman–Crippen LogP) is -0.279. The van der Waals surface area contributed by atoms with E-state index in [2.05, 4.69) is 6.58 Å². The van der Waals surface area contributed by atoms with Crippen LogP contribution in [0.15, 0.2) is 12.2 Å². The van der Waals surface area contributed by atoms with E-state index in [1.54, 1.807) is 0 Å². The van der Waals surface area contributed by atoms with Gasteiger partial charge in [0.15, 0.2) is 0 Å². The topological polar surface area (TPSA) is 74.6 Å². The Kier molecular flexibility index (Phi) is 7.19. The van der Waals surface area contributed by atoms with Crippen LogP contribution in [0, 0.1) is 0 Å². The number of carbonyl (C=O) groups is 2. The molecule has 2 N–H and O–H groups in total. The first-order valence-corrected chi connectivity index (χ1v) is 2.17. The minimum absolute atomic E-state index is 0. The van der Waals surface area contributed by atoms with E-state index < -0.39 is 18.4 Å². The van der Waals surface area contributed by atoms with Crippen molar-refractivity contribution in [3.8, 4) is 0 Å². The van der Waals surface area contributed by atoms with Gasteiger partial charge in [-0.05, 0) is 0 Å². The van der Waals surface area contributed by atoms with Gasteiger partial charge < -0.3 is 10.2 Å². The minimum atomic E-state index is -1.27. The number of aliphatic carboxylic acids is 2. The van der Waals surface area contributed by atoms with Crippen LogP contribution in [0.25, 0.3) is 0 Å². The number of rotatable bonds is 3. The van der Waals surface area contributed by atoms with E-state index in [9.17, 15) is 9.59 Å². The Morgan fingerprint density at radius 1 is 1.30 bits per heavy atom. The quantitative estimate of drug-likeness (QED) is 0.451. The van der Waals surface area contributed by atoms with Crippen LogP contribution in [0.3, 0.4) is 0 Å². The standard InChI is InChI=1S/C5H6O4.Ca/c1-3(5(8)9)2-4(6)7;/h1-2H2,(H,6,7)(H,8,9);. The number of carboxylic acids is 2. The van der Waals surface area contributed by atoms with Gasteiger partial charge in [0.05, 0.1) is 6.42 Å². The third-order valence-electron chi connectivity index (χ3n) is 0.667. The Bertz CT molecular complexity index is 163. The fourth-order valence-electron chi connectivity index (χ4n) is 0.258. The maximum atomic E-state index is 9.87. The molecule has 0 aliphatic rings. The predicted molar refractivity (Wildman–Crippen MR) is 34.8 cm³/mol. The smallest absolute Gasteiger partial charge is 0.331 e. The third kappa shape index (κ3) is 6.07. The van der Waals surface area contributed by atoms with Crippen LogP contribution < -0.4 is 0 Å². The van der Waals surface area contributed by atoms with E-state index >= 15 is 0 Å². The molecule has 0 saturated heterocycles. The normalized spacial score (nSPS) is 7.60. The van der Waals surface area contributed by atoms with Gasteiger partial charge in [0.2, 0.25) is 0 Å². The average molecular weight is 170 g/mol. The molecule has 5 heteroatoms. The summed E-state index contributed by atoms with van der Waals surface area (Å²) in [6.07, 6.45) is -0.505. The molecule has 0 aliphatic heterocycles. The second-order valence-corrected chi connectivity index (χ2v) is 1.48. The molecule has 0 saturated carbocycles. The number of carboxylic acid groups (broad SMARTS) is 2. The maximum Gasteiger partial charge on any atom is 0.331 e. The van der Waals surface area contributed by atoms with Crippen molar-refractivity contribution in [3.63, 3.8) is 0 Å². The number of hydrogen-bond donors (Lipinski definition) is 2. The van der Waals surface area contributed by atoms with Crippen LogP contribution >= 0.6 is 0 Å². The Balaban J connectivity index is 0. The fraction of sp³-hybridized carbons (Fsp3) is 0.200. The van der Waals surface area contributed by atoms with Crippen LogP contribution in [-0.2, 0) is 9.59 Å². The van der Waals surface area contributed by atoms with Crippen molar-refractivity contribution < 1.29 is 19.8 Å². The molecule has 0 aromatic heterocycles. The van der Waals surface area contributed by atoms with Gasteiger partial charge in [-0.1, -0.05) is 6.58 Å². The Labute approximate surface area is 87.5 Å². The molecular weight excluding hydrogens is 164 g/mol. The van der Waals surface area contributed by atoms with Gasteiger partial charge in [-0.15, -0.1) is 0 Å². The summed E-state index contributed by atoms with van der Waals surface area (Å²) in [5.41, 5.74) is -0.303. The molecule has 0 amide bonds. The molecule has 0 aromatic rings. The van der Waals surface area contributed by atoms with E-state index in [1.165, 1.54) is 0 Å². The SMILES string of the molecule is C=C(CC(=O)O)C(=O)O.[Ca]. The Hall–Kier alpha value is -0.0603. The van der Waals surface area contributed by atoms with Gasteiger partial charge >= 0.3 is 11.9 Å². The summed E-state index contributed by atoms with van der Waals surface area (Å²) in [5.74, 6) is -2.44. The maximum absolute atomic E-state index is 9.87. The molecule has 0 aromatic carbocycles. The molecule has 0 unspecified atom stereocenters. The molecule has 0 fully saturated rings. The average Bonchev–Trinajstić information content (AvgIpc) is 1.63. The van der Waals surface area contributed by atoms with Gasteiger partial charge in [-0.2, -0.15) is 0 Å². The molecule has 0 rings (SSSR count). The Morgan fingerprint density at radius 2 is 1.70 bits per heavy atom. The first-order chi connectivity index (χ1) is 4.04. The van der Waals surface area contributed by atoms with Crippen LogP contribution in [-0.4, -0.2) is 59.9 Å². The van der Waals surface area contributed by atoms with Crippen molar-refractivity contribution in [2.45, 2.75) is 6.42 Å². The van der Waals surface area contributed by atoms with Crippen LogP contribution in [0.1, 0.15) is 6.42 Å². The Morgan fingerprint density at radius 3 is 1.80 bits per heavy atom. The second-order valence-electron chi connectivity index (χ2n) is 1.48. The summed E-state index contributed by atoms with van der Waals surface area (Å²) in [5, 5.41) is 16.1. The van der Waals surface area contributed by atoms with Crippen molar-refractivity contribution in [2.75, 3.05) is 0 Å². The molecule has 2 radical (unpaired) electrons. The van der Waals surface area contributed by atoms with Crippen molar-refractivity contribution in [3.05, 3.63) is 12.2 Å². The molecular formula is C5H6CaO4. The largest absolute Gasteiger partial charge is 0.481 e. The van der Waals surface area contributed by atoms with E-state index in [-0.39, 0.29) is 43.3 Å². The fourth-order valence-corrected chi connectivity index (χ4v) is 0.258. The monoisotopic (exact) mass is 170 g/mol. The van der Waals surface area contributed by atoms with E-state index in [4.69, 9.17) is 10.2 Å². The molecule has 52 valence electrons. The third-order valence-corrected chi connectivity index (χ3v) is 0.667. The van der Waals surface area contributed by atoms with Crippen molar-refractivity contribution in [2.24, 2.45) is 0 Å². The van der Waals surface area contributed by atoms with Gasteiger partial charge in [0.1, 0.15) is 0 Å². The summed E-state index contributed by atoms with van der Waals surface area (Å²) < 4.78 is 0. The van der Waals surface area contributed by atoms with Crippen molar-refractivity contribution >= 4 is 49.7 Å². The van der Waals surface area contributed by atoms with Gasteiger partial charge in [0, 0.05) is 43.3 Å². The first kappa shape index (κ1) is 12.6. The minimum Gasteiger partial charge on any atom is -0.481 e.